The molecule has 0 fully saturated rings. The Balaban J connectivity index is 1.98. The maximum absolute atomic E-state index is 14.4. The van der Waals surface area contributed by atoms with Crippen molar-refractivity contribution in [1.29, 1.82) is 0 Å². The molecule has 0 aliphatic rings. The fourth-order valence-corrected chi connectivity index (χ4v) is 6.90. The lowest BCUT2D eigenvalue weighted by molar-refractivity contribution is -0.384. The van der Waals surface area contributed by atoms with E-state index in [1.165, 1.54) is 0 Å². The summed E-state index contributed by atoms with van der Waals surface area (Å²) >= 11 is 0. The lowest BCUT2D eigenvalue weighted by atomic mass is 9.84. The van der Waals surface area contributed by atoms with E-state index in [0.717, 1.165) is 48.9 Å². The van der Waals surface area contributed by atoms with Gasteiger partial charge in [0.05, 0.1) is 24.0 Å². The van der Waals surface area contributed by atoms with Gasteiger partial charge in [0, 0.05) is 24.6 Å². The fourth-order valence-electron chi connectivity index (χ4n) is 5.22. The Kier molecular flexibility index (Phi) is 14.2. The number of halogens is 3. The quantitative estimate of drug-likeness (QED) is 0.0880. The number of nitrogens with zero attached hydrogens (tertiary/aromatic N) is 2. The Bertz CT molecular complexity index is 1740. The van der Waals surface area contributed by atoms with E-state index < -0.39 is 74.5 Å². The van der Waals surface area contributed by atoms with Crippen LogP contribution < -0.4 is 10.6 Å². The van der Waals surface area contributed by atoms with Crippen molar-refractivity contribution in [3.8, 4) is 0 Å². The number of benzene rings is 3. The third kappa shape index (κ3) is 10.6. The monoisotopic (exact) mass is 734 g/mol. The van der Waals surface area contributed by atoms with Crippen LogP contribution in [0.5, 0.6) is 0 Å². The Labute approximate surface area is 292 Å². The average molecular weight is 735 g/mol. The first kappa shape index (κ1) is 40.1. The number of nitrogens with one attached hydrogen (secondary N) is 2. The summed E-state index contributed by atoms with van der Waals surface area (Å²) in [4.78, 5) is 48.9. The van der Waals surface area contributed by atoms with Gasteiger partial charge in [-0.25, -0.2) is 13.2 Å². The lowest BCUT2D eigenvalue weighted by Gasteiger charge is -2.30. The molecule has 274 valence electrons. The van der Waals surface area contributed by atoms with Crippen molar-refractivity contribution in [1.82, 2.24) is 14.9 Å². The van der Waals surface area contributed by atoms with E-state index in [9.17, 15) is 46.1 Å². The van der Waals surface area contributed by atoms with Crippen LogP contribution in [0, 0.1) is 10.1 Å². The number of amides is 2. The average Bonchev–Trinajstić information content (AvgIpc) is 3.11. The van der Waals surface area contributed by atoms with E-state index in [1.807, 2.05) is 5.32 Å². The zero-order valence-electron chi connectivity index (χ0n) is 27.8. The molecule has 13 nitrogen and oxygen atoms in total. The number of non-ortho nitro benzene ring substituents is 1. The molecule has 0 aliphatic carbocycles. The first-order chi connectivity index (χ1) is 24.1. The number of hydrogen-bond donors (Lipinski definition) is 2. The van der Waals surface area contributed by atoms with Gasteiger partial charge in [-0.1, -0.05) is 79.7 Å². The molecule has 2 N–H and O–H groups in total. The fraction of sp³-hybridized carbons (Fsp3) is 0.324. The molecule has 0 aliphatic heterocycles. The lowest BCUT2D eigenvalue weighted by Crippen LogP contribution is -2.55. The molecule has 3 rings (SSSR count). The molecule has 0 saturated carbocycles. The van der Waals surface area contributed by atoms with Crippen molar-refractivity contribution in [2.75, 3.05) is 20.8 Å². The predicted octanol–water partition coefficient (Wildman–Crippen LogP) is 5.09. The predicted molar refractivity (Wildman–Crippen MR) is 179 cm³/mol. The second-order valence-corrected chi connectivity index (χ2v) is 12.9. The van der Waals surface area contributed by atoms with Crippen molar-refractivity contribution >= 4 is 33.7 Å². The maximum Gasteiger partial charge on any atom is 0.412 e. The smallest absolute Gasteiger partial charge is 0.412 e. The van der Waals surface area contributed by atoms with Crippen LogP contribution in [0.2, 0.25) is 0 Å². The molecule has 0 saturated heterocycles. The molecular weight excluding hydrogens is 697 g/mol. The number of hydrogen-bond acceptors (Lipinski definition) is 9. The number of nitro benzene ring substituents is 1. The number of carbonyl (C=O) groups excluding carboxylic acids is 3. The zero-order chi connectivity index (χ0) is 37.8. The number of nitro groups is 1. The van der Waals surface area contributed by atoms with Crippen LogP contribution in [-0.4, -0.2) is 80.7 Å². The normalized spacial score (nSPS) is 13.7. The summed E-state index contributed by atoms with van der Waals surface area (Å²) in [6.07, 6.45) is -5.12. The molecular formula is C34H37F3N4O9S. The van der Waals surface area contributed by atoms with Crippen molar-refractivity contribution in [3.63, 3.8) is 0 Å². The topological polar surface area (TPSA) is 174 Å². The Morgan fingerprint density at radius 1 is 0.902 bits per heavy atom. The summed E-state index contributed by atoms with van der Waals surface area (Å²) < 4.78 is 80.7. The molecule has 0 radical (unpaired) electrons. The van der Waals surface area contributed by atoms with Crippen LogP contribution >= 0.6 is 0 Å². The van der Waals surface area contributed by atoms with E-state index in [-0.39, 0.29) is 18.7 Å². The highest BCUT2D eigenvalue weighted by molar-refractivity contribution is 7.89. The number of carbonyl (C=O) groups is 3. The van der Waals surface area contributed by atoms with Gasteiger partial charge in [-0.15, -0.1) is 0 Å². The van der Waals surface area contributed by atoms with Gasteiger partial charge in [-0.3, -0.25) is 19.7 Å². The van der Waals surface area contributed by atoms with Gasteiger partial charge < -0.3 is 20.1 Å². The van der Waals surface area contributed by atoms with E-state index in [2.05, 4.69) is 10.1 Å². The van der Waals surface area contributed by atoms with Crippen molar-refractivity contribution in [2.45, 2.75) is 54.9 Å². The van der Waals surface area contributed by atoms with E-state index in [4.69, 9.17) is 4.74 Å². The molecule has 0 aromatic heterocycles. The molecule has 2 amide bonds. The van der Waals surface area contributed by atoms with Crippen LogP contribution in [-0.2, 0) is 29.1 Å². The highest BCUT2D eigenvalue weighted by atomic mass is 32.2. The van der Waals surface area contributed by atoms with Crippen molar-refractivity contribution in [3.05, 3.63) is 118 Å². The largest absolute Gasteiger partial charge is 0.468 e. The summed E-state index contributed by atoms with van der Waals surface area (Å²) in [6.45, 7) is 1.35. The minimum atomic E-state index is -5.08. The van der Waals surface area contributed by atoms with Gasteiger partial charge in [0.1, 0.15) is 18.1 Å². The second kappa shape index (κ2) is 18.1. The minimum absolute atomic E-state index is 0.184. The van der Waals surface area contributed by atoms with Gasteiger partial charge >= 0.3 is 18.2 Å². The van der Waals surface area contributed by atoms with Crippen LogP contribution in [0.4, 0.5) is 23.7 Å². The molecule has 51 heavy (non-hydrogen) atoms. The molecule has 0 unspecified atom stereocenters. The molecule has 0 heterocycles. The van der Waals surface area contributed by atoms with E-state index in [0.29, 0.717) is 17.2 Å². The van der Waals surface area contributed by atoms with Crippen LogP contribution in [0.25, 0.3) is 0 Å². The highest BCUT2D eigenvalue weighted by Crippen LogP contribution is 2.30. The Hall–Kier alpha value is -5.29. The highest BCUT2D eigenvalue weighted by Gasteiger charge is 2.42. The SMILES string of the molecule is CCCN([C@@H](CC=C[C@@H](NC(=O)[C@@H](NC(=O)OC)C(c1ccccc1)c1ccccc1)C(F)(F)F)C(=O)OC)S(=O)(=O)c1ccc([N+](=O)[O-])cc1. The first-order valence-electron chi connectivity index (χ1n) is 15.5. The van der Waals surface area contributed by atoms with Crippen LogP contribution in [0.3, 0.4) is 0 Å². The Morgan fingerprint density at radius 3 is 1.90 bits per heavy atom. The number of sulfonamides is 1. The molecule has 0 spiro atoms. The number of rotatable bonds is 16. The van der Waals surface area contributed by atoms with Gasteiger partial charge in [0.25, 0.3) is 5.69 Å². The second-order valence-electron chi connectivity index (χ2n) is 11.0. The summed E-state index contributed by atoms with van der Waals surface area (Å²) in [5.41, 5.74) is 0.627. The van der Waals surface area contributed by atoms with Crippen molar-refractivity contribution < 1.29 is 50.4 Å². The molecule has 17 heteroatoms. The standard InChI is InChI=1S/C34H37F3N4O9S/c1-4-22-40(51(47,48)26-20-18-25(19-21-26)41(45)46)27(32(43)49-2)16-11-17-28(34(35,36)37)38-31(42)30(39-33(44)50-3)29(23-12-7-5-8-13-23)24-14-9-6-10-15-24/h5-15,17-21,27-30H,4,16,22H2,1-3H3,(H,38,42)(H,39,44)/t27-,28+,30-/m0/s1. The maximum atomic E-state index is 14.4. The van der Waals surface area contributed by atoms with Gasteiger partial charge in [0.15, 0.2) is 0 Å². The van der Waals surface area contributed by atoms with E-state index >= 15 is 0 Å². The summed E-state index contributed by atoms with van der Waals surface area (Å²) in [5, 5.41) is 15.3. The third-order valence-corrected chi connectivity index (χ3v) is 9.57. The number of esters is 1. The number of alkyl halides is 3. The first-order valence-corrected chi connectivity index (χ1v) is 16.9. The zero-order valence-corrected chi connectivity index (χ0v) is 28.6. The minimum Gasteiger partial charge on any atom is -0.468 e. The third-order valence-electron chi connectivity index (χ3n) is 7.65. The number of alkyl carbamates (subject to hydrolysis) is 1. The molecule has 3 aromatic rings. The summed E-state index contributed by atoms with van der Waals surface area (Å²) in [6, 6.07) is 14.7. The van der Waals surface area contributed by atoms with Crippen LogP contribution in [0.1, 0.15) is 36.8 Å². The molecule has 3 atom stereocenters. The van der Waals surface area contributed by atoms with Gasteiger partial charge in [0.2, 0.25) is 15.9 Å². The van der Waals surface area contributed by atoms with Gasteiger partial charge in [-0.05, 0) is 36.1 Å². The molecule has 3 aromatic carbocycles. The Morgan fingerprint density at radius 2 is 1.45 bits per heavy atom. The summed E-state index contributed by atoms with van der Waals surface area (Å²) in [7, 11) is -2.50. The number of methoxy groups -OCH3 is 2. The number of ether oxygens (including phenoxy) is 2. The van der Waals surface area contributed by atoms with Crippen LogP contribution in [0.15, 0.2) is 102 Å². The van der Waals surface area contributed by atoms with Crippen molar-refractivity contribution in [2.24, 2.45) is 0 Å². The van der Waals surface area contributed by atoms with E-state index in [1.54, 1.807) is 67.6 Å². The van der Waals surface area contributed by atoms with Gasteiger partial charge in [-0.2, -0.15) is 17.5 Å². The molecule has 0 bridgehead atoms. The summed E-state index contributed by atoms with van der Waals surface area (Å²) in [5.74, 6) is -3.26.